The molecule has 0 saturated carbocycles. The highest BCUT2D eigenvalue weighted by Crippen LogP contribution is 2.45. The lowest BCUT2D eigenvalue weighted by molar-refractivity contribution is 0.554. The summed E-state index contributed by atoms with van der Waals surface area (Å²) >= 11 is 17.9. The Labute approximate surface area is 80.8 Å². The molecule has 0 aromatic carbocycles. The lowest BCUT2D eigenvalue weighted by atomic mass is 9.93. The van der Waals surface area contributed by atoms with Crippen molar-refractivity contribution in [1.82, 2.24) is 0 Å². The summed E-state index contributed by atoms with van der Waals surface area (Å²) in [4.78, 5) is 0. The summed E-state index contributed by atoms with van der Waals surface area (Å²) < 4.78 is 0. The van der Waals surface area contributed by atoms with E-state index in [-0.39, 0.29) is 5.38 Å². The van der Waals surface area contributed by atoms with Crippen molar-refractivity contribution in [2.75, 3.05) is 0 Å². The van der Waals surface area contributed by atoms with Crippen LogP contribution in [0.4, 0.5) is 0 Å². The highest BCUT2D eigenvalue weighted by Gasteiger charge is 2.35. The Morgan fingerprint density at radius 3 is 2.64 bits per heavy atom. The SMILES string of the molecule is ClC1=C(Cl)[C@H](Cl)[C@H]2C=C[C@@H]1C2. The van der Waals surface area contributed by atoms with Crippen LogP contribution in [0.15, 0.2) is 22.2 Å². The van der Waals surface area contributed by atoms with Crippen LogP contribution in [0.1, 0.15) is 6.42 Å². The van der Waals surface area contributed by atoms with E-state index in [1.807, 2.05) is 0 Å². The Hall–Kier alpha value is 0.350. The molecule has 0 saturated heterocycles. The van der Waals surface area contributed by atoms with Crippen molar-refractivity contribution >= 4 is 34.8 Å². The first-order chi connectivity index (χ1) is 5.20. The number of fused-ring (bicyclic) bond motifs is 2. The minimum atomic E-state index is -0.0980. The molecule has 60 valence electrons. The Kier molecular flexibility index (Phi) is 1.95. The van der Waals surface area contributed by atoms with Gasteiger partial charge in [-0.2, -0.15) is 0 Å². The third kappa shape index (κ3) is 1.12. The third-order valence-electron chi connectivity index (χ3n) is 2.29. The van der Waals surface area contributed by atoms with Crippen molar-refractivity contribution in [3.8, 4) is 0 Å². The zero-order valence-electron chi connectivity index (χ0n) is 5.73. The number of hydrogen-bond donors (Lipinski definition) is 0. The van der Waals surface area contributed by atoms with Crippen LogP contribution in [-0.2, 0) is 0 Å². The standard InChI is InChI=1S/C8H7Cl3/c9-6-4-1-2-5(3-4)7(10)8(6)11/h1-2,4-6H,3H2/t4-,5+,6+/m0/s1. The molecule has 0 fully saturated rings. The van der Waals surface area contributed by atoms with Gasteiger partial charge in [0.15, 0.2) is 0 Å². The molecule has 11 heavy (non-hydrogen) atoms. The maximum atomic E-state index is 6.03. The number of rotatable bonds is 0. The van der Waals surface area contributed by atoms with E-state index in [9.17, 15) is 0 Å². The van der Waals surface area contributed by atoms with Crippen LogP contribution < -0.4 is 0 Å². The van der Waals surface area contributed by atoms with Gasteiger partial charge in [0.2, 0.25) is 0 Å². The fourth-order valence-electron chi connectivity index (χ4n) is 1.63. The lowest BCUT2D eigenvalue weighted by Gasteiger charge is -2.24. The third-order valence-corrected chi connectivity index (χ3v) is 3.96. The van der Waals surface area contributed by atoms with Crippen LogP contribution in [0.3, 0.4) is 0 Å². The van der Waals surface area contributed by atoms with Crippen molar-refractivity contribution in [2.24, 2.45) is 11.8 Å². The first-order valence-electron chi connectivity index (χ1n) is 3.57. The van der Waals surface area contributed by atoms with Gasteiger partial charge < -0.3 is 0 Å². The van der Waals surface area contributed by atoms with Gasteiger partial charge in [0.1, 0.15) is 0 Å². The minimum absolute atomic E-state index is 0.0980. The number of alkyl halides is 1. The first kappa shape index (κ1) is 7.97. The van der Waals surface area contributed by atoms with Crippen LogP contribution in [0, 0.1) is 11.8 Å². The van der Waals surface area contributed by atoms with Gasteiger partial charge in [-0.3, -0.25) is 0 Å². The average Bonchev–Trinajstić information content (AvgIpc) is 2.44. The van der Waals surface area contributed by atoms with Crippen LogP contribution >= 0.6 is 34.8 Å². The molecular formula is C8H7Cl3. The Morgan fingerprint density at radius 1 is 1.18 bits per heavy atom. The minimum Gasteiger partial charge on any atom is -0.116 e. The van der Waals surface area contributed by atoms with Crippen LogP contribution in [0.5, 0.6) is 0 Å². The van der Waals surface area contributed by atoms with Crippen molar-refractivity contribution in [1.29, 1.82) is 0 Å². The average molecular weight is 210 g/mol. The van der Waals surface area contributed by atoms with E-state index in [2.05, 4.69) is 12.2 Å². The summed E-state index contributed by atoms with van der Waals surface area (Å²) in [6.07, 6.45) is 5.24. The van der Waals surface area contributed by atoms with Gasteiger partial charge in [0, 0.05) is 11.0 Å². The van der Waals surface area contributed by atoms with Crippen LogP contribution in [0.2, 0.25) is 0 Å². The summed E-state index contributed by atoms with van der Waals surface area (Å²) in [6, 6.07) is 0. The Bertz CT molecular complexity index is 242. The molecule has 3 heteroatoms. The second-order valence-electron chi connectivity index (χ2n) is 2.99. The fourth-order valence-corrected chi connectivity index (χ4v) is 2.57. The van der Waals surface area contributed by atoms with Crippen LogP contribution in [-0.4, -0.2) is 5.38 Å². The van der Waals surface area contributed by atoms with E-state index >= 15 is 0 Å². The number of halogens is 3. The van der Waals surface area contributed by atoms with E-state index in [0.29, 0.717) is 16.9 Å². The second-order valence-corrected chi connectivity index (χ2v) is 4.27. The Balaban J connectivity index is 2.41. The first-order valence-corrected chi connectivity index (χ1v) is 4.77. The molecule has 2 bridgehead atoms. The molecule has 0 nitrogen and oxygen atoms in total. The van der Waals surface area contributed by atoms with E-state index in [0.717, 1.165) is 11.5 Å². The molecule has 0 radical (unpaired) electrons. The zero-order chi connectivity index (χ0) is 8.01. The number of hydrogen-bond acceptors (Lipinski definition) is 0. The van der Waals surface area contributed by atoms with Gasteiger partial charge in [-0.15, -0.1) is 11.6 Å². The predicted octanol–water partition coefficient (Wildman–Crippen LogP) is 3.49. The van der Waals surface area contributed by atoms with Crippen molar-refractivity contribution in [2.45, 2.75) is 11.8 Å². The molecule has 3 atom stereocenters. The molecule has 0 spiro atoms. The predicted molar refractivity (Wildman–Crippen MR) is 49.1 cm³/mol. The van der Waals surface area contributed by atoms with Gasteiger partial charge >= 0.3 is 0 Å². The molecule has 0 heterocycles. The smallest absolute Gasteiger partial charge is 0.0766 e. The van der Waals surface area contributed by atoms with Crippen LogP contribution in [0.25, 0.3) is 0 Å². The molecule has 2 aliphatic rings. The van der Waals surface area contributed by atoms with Gasteiger partial charge in [0.25, 0.3) is 0 Å². The van der Waals surface area contributed by atoms with E-state index in [4.69, 9.17) is 34.8 Å². The topological polar surface area (TPSA) is 0 Å². The Morgan fingerprint density at radius 2 is 1.91 bits per heavy atom. The van der Waals surface area contributed by atoms with E-state index < -0.39 is 0 Å². The molecule has 2 aliphatic carbocycles. The van der Waals surface area contributed by atoms with Gasteiger partial charge in [-0.25, -0.2) is 0 Å². The van der Waals surface area contributed by atoms with Crippen molar-refractivity contribution < 1.29 is 0 Å². The van der Waals surface area contributed by atoms with Crippen molar-refractivity contribution in [3.63, 3.8) is 0 Å². The molecule has 0 aromatic rings. The summed E-state index contributed by atoms with van der Waals surface area (Å²) in [5.41, 5.74) is 0. The monoisotopic (exact) mass is 208 g/mol. The second kappa shape index (κ2) is 2.69. The molecule has 0 aliphatic heterocycles. The molecule has 0 amide bonds. The van der Waals surface area contributed by atoms with Gasteiger partial charge in [-0.1, -0.05) is 35.4 Å². The van der Waals surface area contributed by atoms with Gasteiger partial charge in [0.05, 0.1) is 10.4 Å². The lowest BCUT2D eigenvalue weighted by Crippen LogP contribution is -2.18. The molecule has 2 rings (SSSR count). The summed E-state index contributed by atoms with van der Waals surface area (Å²) in [5.74, 6) is 0.737. The summed E-state index contributed by atoms with van der Waals surface area (Å²) in [6.45, 7) is 0. The molecule has 0 aromatic heterocycles. The zero-order valence-corrected chi connectivity index (χ0v) is 8.00. The van der Waals surface area contributed by atoms with Crippen molar-refractivity contribution in [3.05, 3.63) is 22.2 Å². The highest BCUT2D eigenvalue weighted by atomic mass is 35.5. The van der Waals surface area contributed by atoms with E-state index in [1.54, 1.807) is 0 Å². The fraction of sp³-hybridized carbons (Fsp3) is 0.500. The maximum absolute atomic E-state index is 6.03. The highest BCUT2D eigenvalue weighted by molar-refractivity contribution is 6.44. The summed E-state index contributed by atoms with van der Waals surface area (Å²) in [5, 5.41) is 1.27. The molecular weight excluding hydrogens is 202 g/mol. The quantitative estimate of drug-likeness (QED) is 0.423. The van der Waals surface area contributed by atoms with Gasteiger partial charge in [-0.05, 0) is 12.3 Å². The normalized spacial score (nSPS) is 41.9. The number of allylic oxidation sites excluding steroid dienone is 4. The molecule has 0 unspecified atom stereocenters. The summed E-state index contributed by atoms with van der Waals surface area (Å²) in [7, 11) is 0. The largest absolute Gasteiger partial charge is 0.116 e. The molecule has 0 N–H and O–H groups in total. The maximum Gasteiger partial charge on any atom is 0.0766 e. The van der Waals surface area contributed by atoms with E-state index in [1.165, 1.54) is 0 Å².